The Hall–Kier alpha value is -0.640. The van der Waals surface area contributed by atoms with E-state index in [0.29, 0.717) is 25.2 Å². The maximum atomic E-state index is 10.9. The lowest BCUT2D eigenvalue weighted by molar-refractivity contribution is -0.216. The van der Waals surface area contributed by atoms with E-state index < -0.39 is 11.2 Å². The third-order valence-corrected chi connectivity index (χ3v) is 5.67. The van der Waals surface area contributed by atoms with Crippen LogP contribution in [0, 0.1) is 5.92 Å². The molecule has 2 heterocycles. The minimum Gasteiger partial charge on any atom is -0.387 e. The van der Waals surface area contributed by atoms with E-state index in [1.807, 2.05) is 13.8 Å². The third-order valence-electron chi connectivity index (χ3n) is 5.67. The van der Waals surface area contributed by atoms with Gasteiger partial charge in [-0.15, -0.1) is 0 Å². The minimum atomic E-state index is -0.847. The summed E-state index contributed by atoms with van der Waals surface area (Å²) in [5.41, 5.74) is 1.05. The number of allylic oxidation sites excluding steroid dienone is 4. The molecule has 2 bridgehead atoms. The molecule has 2 N–H and O–H groups in total. The first kappa shape index (κ1) is 18.7. The lowest BCUT2D eigenvalue weighted by Gasteiger charge is -2.46. The van der Waals surface area contributed by atoms with Gasteiger partial charge in [-0.25, -0.2) is 0 Å². The number of hydrogen-bond donors (Lipinski definition) is 2. The number of fused-ring (bicyclic) bond motifs is 2. The highest BCUT2D eigenvalue weighted by molar-refractivity contribution is 5.19. The van der Waals surface area contributed by atoms with Crippen molar-refractivity contribution in [2.75, 3.05) is 0 Å². The standard InChI is InChI=1S/C20H34O3/c1-14(2)16-8-6-15(3)7-9-17-20(5,22)13-11-18(23-17)19(4,21)12-10-16/h6,8,14,17-18,21-22H,7,9-13H2,1-5H3. The molecule has 4 atom stereocenters. The highest BCUT2D eigenvalue weighted by Gasteiger charge is 2.44. The van der Waals surface area contributed by atoms with Crippen LogP contribution in [0.2, 0.25) is 0 Å². The second-order valence-corrected chi connectivity index (χ2v) is 8.31. The van der Waals surface area contributed by atoms with Crippen molar-refractivity contribution in [2.45, 2.75) is 96.6 Å². The van der Waals surface area contributed by atoms with Crippen LogP contribution in [-0.2, 0) is 4.74 Å². The lowest BCUT2D eigenvalue weighted by atomic mass is 9.79. The molecular formula is C20H34O3. The Balaban J connectivity index is 2.28. The molecule has 3 heteroatoms. The second-order valence-electron chi connectivity index (χ2n) is 8.31. The van der Waals surface area contributed by atoms with Gasteiger partial charge in [0.05, 0.1) is 23.4 Å². The molecule has 0 radical (unpaired) electrons. The summed E-state index contributed by atoms with van der Waals surface area (Å²) in [6.07, 6.45) is 8.73. The largest absolute Gasteiger partial charge is 0.387 e. The summed E-state index contributed by atoms with van der Waals surface area (Å²) in [6, 6.07) is 0. The Bertz CT molecular complexity index is 471. The van der Waals surface area contributed by atoms with Gasteiger partial charge in [-0.05, 0) is 65.2 Å². The van der Waals surface area contributed by atoms with Crippen LogP contribution in [0.3, 0.4) is 0 Å². The molecule has 2 aliphatic rings. The predicted octanol–water partition coefficient (Wildman–Crippen LogP) is 4.14. The lowest BCUT2D eigenvalue weighted by Crippen LogP contribution is -2.54. The second kappa shape index (κ2) is 7.08. The number of rotatable bonds is 1. The average molecular weight is 322 g/mol. The molecular weight excluding hydrogens is 288 g/mol. The molecule has 0 amide bonds. The molecule has 0 spiro atoms. The quantitative estimate of drug-likeness (QED) is 0.763. The molecule has 1 saturated heterocycles. The van der Waals surface area contributed by atoms with Gasteiger partial charge in [-0.3, -0.25) is 0 Å². The van der Waals surface area contributed by atoms with E-state index in [4.69, 9.17) is 4.74 Å². The fraction of sp³-hybridized carbons (Fsp3) is 0.800. The zero-order valence-corrected chi connectivity index (χ0v) is 15.4. The topological polar surface area (TPSA) is 49.7 Å². The molecule has 132 valence electrons. The Morgan fingerprint density at radius 1 is 1.00 bits per heavy atom. The van der Waals surface area contributed by atoms with Crippen LogP contribution in [0.25, 0.3) is 0 Å². The van der Waals surface area contributed by atoms with Gasteiger partial charge in [-0.2, -0.15) is 0 Å². The van der Waals surface area contributed by atoms with Crippen LogP contribution in [0.1, 0.15) is 73.1 Å². The van der Waals surface area contributed by atoms with Gasteiger partial charge in [0.1, 0.15) is 0 Å². The molecule has 0 aromatic heterocycles. The van der Waals surface area contributed by atoms with Gasteiger partial charge in [-0.1, -0.05) is 37.1 Å². The number of hydrogen-bond acceptors (Lipinski definition) is 3. The Morgan fingerprint density at radius 2 is 1.61 bits per heavy atom. The van der Waals surface area contributed by atoms with Crippen molar-refractivity contribution >= 4 is 0 Å². The van der Waals surface area contributed by atoms with Gasteiger partial charge >= 0.3 is 0 Å². The van der Waals surface area contributed by atoms with Crippen molar-refractivity contribution < 1.29 is 14.9 Å². The maximum Gasteiger partial charge on any atom is 0.0883 e. The summed E-state index contributed by atoms with van der Waals surface area (Å²) in [7, 11) is 0. The fourth-order valence-corrected chi connectivity index (χ4v) is 3.65. The van der Waals surface area contributed by atoms with E-state index >= 15 is 0 Å². The third kappa shape index (κ3) is 4.68. The summed E-state index contributed by atoms with van der Waals surface area (Å²) in [5, 5.41) is 21.6. The normalized spacial score (nSPS) is 40.0. The molecule has 0 saturated carbocycles. The zero-order valence-electron chi connectivity index (χ0n) is 15.4. The van der Waals surface area contributed by atoms with Crippen LogP contribution < -0.4 is 0 Å². The summed E-state index contributed by atoms with van der Waals surface area (Å²) < 4.78 is 6.19. The van der Waals surface area contributed by atoms with E-state index in [-0.39, 0.29) is 12.2 Å². The molecule has 2 rings (SSSR count). The van der Waals surface area contributed by atoms with E-state index in [1.165, 1.54) is 11.1 Å². The molecule has 2 aliphatic heterocycles. The van der Waals surface area contributed by atoms with Crippen molar-refractivity contribution in [1.82, 2.24) is 0 Å². The van der Waals surface area contributed by atoms with E-state index in [2.05, 4.69) is 32.9 Å². The summed E-state index contributed by atoms with van der Waals surface area (Å²) in [5.74, 6) is 0.485. The summed E-state index contributed by atoms with van der Waals surface area (Å²) in [6.45, 7) is 10.3. The van der Waals surface area contributed by atoms with Crippen LogP contribution in [0.4, 0.5) is 0 Å². The van der Waals surface area contributed by atoms with Crippen molar-refractivity contribution in [2.24, 2.45) is 5.92 Å². The Labute approximate surface area is 141 Å². The van der Waals surface area contributed by atoms with Crippen molar-refractivity contribution in [3.8, 4) is 0 Å². The van der Waals surface area contributed by atoms with Crippen LogP contribution in [-0.4, -0.2) is 33.6 Å². The van der Waals surface area contributed by atoms with Crippen molar-refractivity contribution in [3.63, 3.8) is 0 Å². The van der Waals surface area contributed by atoms with Crippen LogP contribution in [0.15, 0.2) is 23.3 Å². The predicted molar refractivity (Wildman–Crippen MR) is 94.3 cm³/mol. The molecule has 23 heavy (non-hydrogen) atoms. The molecule has 0 aromatic carbocycles. The van der Waals surface area contributed by atoms with E-state index in [1.54, 1.807) is 0 Å². The molecule has 1 fully saturated rings. The highest BCUT2D eigenvalue weighted by Crippen LogP contribution is 2.38. The number of ether oxygens (including phenoxy) is 1. The SMILES string of the molecule is CC1=CC=C(C(C)C)CCC(C)(O)C2CCC(C)(O)C(CC1)O2. The minimum absolute atomic E-state index is 0.190. The van der Waals surface area contributed by atoms with Crippen LogP contribution in [0.5, 0.6) is 0 Å². The van der Waals surface area contributed by atoms with Crippen LogP contribution >= 0.6 is 0 Å². The van der Waals surface area contributed by atoms with Gasteiger partial charge in [0.25, 0.3) is 0 Å². The molecule has 4 unspecified atom stereocenters. The van der Waals surface area contributed by atoms with Gasteiger partial charge in [0.2, 0.25) is 0 Å². The summed E-state index contributed by atoms with van der Waals surface area (Å²) in [4.78, 5) is 0. The monoisotopic (exact) mass is 322 g/mol. The highest BCUT2D eigenvalue weighted by atomic mass is 16.5. The summed E-state index contributed by atoms with van der Waals surface area (Å²) >= 11 is 0. The molecule has 0 aliphatic carbocycles. The first-order valence-corrected chi connectivity index (χ1v) is 9.08. The van der Waals surface area contributed by atoms with Gasteiger partial charge in [0.15, 0.2) is 0 Å². The van der Waals surface area contributed by atoms with Gasteiger partial charge in [0, 0.05) is 0 Å². The Morgan fingerprint density at radius 3 is 2.26 bits per heavy atom. The maximum absolute atomic E-state index is 10.9. The van der Waals surface area contributed by atoms with E-state index in [9.17, 15) is 10.2 Å². The first-order chi connectivity index (χ1) is 10.6. The fourth-order valence-electron chi connectivity index (χ4n) is 3.65. The van der Waals surface area contributed by atoms with Gasteiger partial charge < -0.3 is 14.9 Å². The Kier molecular flexibility index (Phi) is 5.76. The van der Waals surface area contributed by atoms with Crippen molar-refractivity contribution in [3.05, 3.63) is 23.3 Å². The zero-order chi connectivity index (χ0) is 17.3. The first-order valence-electron chi connectivity index (χ1n) is 9.08. The average Bonchev–Trinajstić information content (AvgIpc) is 2.43. The molecule has 0 aromatic rings. The van der Waals surface area contributed by atoms with E-state index in [0.717, 1.165) is 19.3 Å². The smallest absolute Gasteiger partial charge is 0.0883 e. The van der Waals surface area contributed by atoms with Crippen molar-refractivity contribution in [1.29, 1.82) is 0 Å². The molecule has 3 nitrogen and oxygen atoms in total. The number of aliphatic hydroxyl groups is 2.